The first-order chi connectivity index (χ1) is 15.8. The summed E-state index contributed by atoms with van der Waals surface area (Å²) in [4.78, 5) is 29.0. The molecule has 1 amide bonds. The minimum Gasteiger partial charge on any atom is -0.465 e. The molecule has 1 aromatic carbocycles. The SMILES string of the molecule is CCCN1CCc2c(sc(NC(=O)c3ccc(S(=O)(=O)N(C)C4CC4)cc3)c2C(=O)OC)C1. The van der Waals surface area contributed by atoms with E-state index in [4.69, 9.17) is 4.74 Å². The Morgan fingerprint density at radius 3 is 2.55 bits per heavy atom. The number of rotatable bonds is 8. The smallest absolute Gasteiger partial charge is 0.341 e. The normalized spacial score (nSPS) is 16.5. The highest BCUT2D eigenvalue weighted by molar-refractivity contribution is 7.89. The number of carbonyl (C=O) groups is 2. The van der Waals surface area contributed by atoms with Crippen molar-refractivity contribution in [1.82, 2.24) is 9.21 Å². The summed E-state index contributed by atoms with van der Waals surface area (Å²) in [5.41, 5.74) is 1.68. The number of nitrogens with one attached hydrogen (secondary N) is 1. The van der Waals surface area contributed by atoms with E-state index in [-0.39, 0.29) is 10.9 Å². The van der Waals surface area contributed by atoms with Crippen molar-refractivity contribution in [2.45, 2.75) is 50.1 Å². The lowest BCUT2D eigenvalue weighted by molar-refractivity contribution is 0.0600. The molecule has 2 aromatic rings. The van der Waals surface area contributed by atoms with Crippen LogP contribution in [-0.2, 0) is 27.7 Å². The van der Waals surface area contributed by atoms with Crippen LogP contribution < -0.4 is 5.32 Å². The van der Waals surface area contributed by atoms with E-state index < -0.39 is 21.9 Å². The highest BCUT2D eigenvalue weighted by Crippen LogP contribution is 2.38. The van der Waals surface area contributed by atoms with Crippen LogP contribution in [0.25, 0.3) is 0 Å². The number of sulfonamides is 1. The minimum atomic E-state index is -3.57. The third kappa shape index (κ3) is 4.84. The van der Waals surface area contributed by atoms with E-state index in [2.05, 4.69) is 17.1 Å². The van der Waals surface area contributed by atoms with Gasteiger partial charge in [0.25, 0.3) is 5.91 Å². The Labute approximate surface area is 198 Å². The predicted molar refractivity (Wildman–Crippen MR) is 127 cm³/mol. The van der Waals surface area contributed by atoms with Crippen molar-refractivity contribution in [2.75, 3.05) is 32.6 Å². The average Bonchev–Trinajstić information content (AvgIpc) is 3.59. The highest BCUT2D eigenvalue weighted by Gasteiger charge is 2.35. The standard InChI is InChI=1S/C23H29N3O5S2/c1-4-12-26-13-11-18-19(14-26)32-22(20(18)23(28)31-3)24-21(27)15-5-9-17(10-6-15)33(29,30)25(2)16-7-8-16/h5-6,9-10,16H,4,7-8,11-14H2,1-3H3,(H,24,27). The molecule has 2 heterocycles. The lowest BCUT2D eigenvalue weighted by atomic mass is 10.0. The summed E-state index contributed by atoms with van der Waals surface area (Å²) < 4.78 is 31.8. The van der Waals surface area contributed by atoms with Crippen molar-refractivity contribution in [2.24, 2.45) is 0 Å². The van der Waals surface area contributed by atoms with Gasteiger partial charge >= 0.3 is 5.97 Å². The first-order valence-electron chi connectivity index (χ1n) is 11.1. The van der Waals surface area contributed by atoms with Gasteiger partial charge in [-0.05, 0) is 62.1 Å². The number of nitrogens with zero attached hydrogens (tertiary/aromatic N) is 2. The van der Waals surface area contributed by atoms with Crippen molar-refractivity contribution in [3.05, 3.63) is 45.8 Å². The predicted octanol–water partition coefficient (Wildman–Crippen LogP) is 3.34. The van der Waals surface area contributed by atoms with E-state index in [1.807, 2.05) is 0 Å². The summed E-state index contributed by atoms with van der Waals surface area (Å²) in [6.07, 6.45) is 3.53. The molecule has 10 heteroatoms. The summed E-state index contributed by atoms with van der Waals surface area (Å²) in [5, 5.41) is 3.33. The molecule has 4 rings (SSSR count). The second-order valence-corrected chi connectivity index (χ2v) is 11.6. The molecule has 1 aromatic heterocycles. The number of benzene rings is 1. The Balaban J connectivity index is 1.55. The third-order valence-electron chi connectivity index (χ3n) is 6.15. The Bertz CT molecular complexity index is 1150. The van der Waals surface area contributed by atoms with Gasteiger partial charge in [0.05, 0.1) is 17.6 Å². The molecule has 1 aliphatic heterocycles. The van der Waals surface area contributed by atoms with E-state index in [0.29, 0.717) is 16.1 Å². The van der Waals surface area contributed by atoms with E-state index in [9.17, 15) is 18.0 Å². The molecular formula is C23H29N3O5S2. The van der Waals surface area contributed by atoms with E-state index in [0.717, 1.165) is 55.8 Å². The second kappa shape index (κ2) is 9.54. The zero-order valence-electron chi connectivity index (χ0n) is 19.1. The number of fused-ring (bicyclic) bond motifs is 1. The zero-order valence-corrected chi connectivity index (χ0v) is 20.7. The summed E-state index contributed by atoms with van der Waals surface area (Å²) >= 11 is 1.40. The Morgan fingerprint density at radius 2 is 1.94 bits per heavy atom. The topological polar surface area (TPSA) is 96.0 Å². The maximum atomic E-state index is 12.9. The molecule has 1 aliphatic carbocycles. The van der Waals surface area contributed by atoms with Crippen molar-refractivity contribution in [3.8, 4) is 0 Å². The van der Waals surface area contributed by atoms with Crippen molar-refractivity contribution < 1.29 is 22.7 Å². The number of carbonyl (C=O) groups excluding carboxylic acids is 2. The van der Waals surface area contributed by atoms with Crippen LogP contribution in [0, 0.1) is 0 Å². The van der Waals surface area contributed by atoms with Crippen LogP contribution in [0.4, 0.5) is 5.00 Å². The molecule has 0 radical (unpaired) electrons. The van der Waals surface area contributed by atoms with Crippen LogP contribution in [0.3, 0.4) is 0 Å². The number of hydrogen-bond donors (Lipinski definition) is 1. The fraction of sp³-hybridized carbons (Fsp3) is 0.478. The second-order valence-electron chi connectivity index (χ2n) is 8.46. The van der Waals surface area contributed by atoms with Gasteiger partial charge in [-0.25, -0.2) is 13.2 Å². The van der Waals surface area contributed by atoms with Gasteiger partial charge in [-0.15, -0.1) is 11.3 Å². The molecule has 1 fully saturated rings. The van der Waals surface area contributed by atoms with Crippen LogP contribution in [-0.4, -0.2) is 62.8 Å². The van der Waals surface area contributed by atoms with Crippen molar-refractivity contribution in [3.63, 3.8) is 0 Å². The quantitative estimate of drug-likeness (QED) is 0.569. The first kappa shape index (κ1) is 23.9. The van der Waals surface area contributed by atoms with Crippen molar-refractivity contribution in [1.29, 1.82) is 0 Å². The number of esters is 1. The van der Waals surface area contributed by atoms with Gasteiger partial charge in [-0.2, -0.15) is 4.31 Å². The van der Waals surface area contributed by atoms with E-state index in [1.165, 1.54) is 47.0 Å². The molecular weight excluding hydrogens is 462 g/mol. The van der Waals surface area contributed by atoms with Crippen molar-refractivity contribution >= 4 is 38.2 Å². The molecule has 0 spiro atoms. The van der Waals surface area contributed by atoms with Crippen LogP contribution >= 0.6 is 11.3 Å². The van der Waals surface area contributed by atoms with Crippen LogP contribution in [0.2, 0.25) is 0 Å². The summed E-state index contributed by atoms with van der Waals surface area (Å²) in [6, 6.07) is 5.96. The summed E-state index contributed by atoms with van der Waals surface area (Å²) in [7, 11) is -0.652. The molecule has 1 saturated carbocycles. The van der Waals surface area contributed by atoms with Gasteiger partial charge in [0, 0.05) is 36.6 Å². The molecule has 8 nitrogen and oxygen atoms in total. The number of thiophene rings is 1. The monoisotopic (exact) mass is 491 g/mol. The minimum absolute atomic E-state index is 0.0628. The van der Waals surface area contributed by atoms with Gasteiger partial charge in [0.2, 0.25) is 10.0 Å². The molecule has 33 heavy (non-hydrogen) atoms. The molecule has 0 saturated heterocycles. The molecule has 2 aliphatic rings. The number of amides is 1. The highest BCUT2D eigenvalue weighted by atomic mass is 32.2. The number of anilines is 1. The Kier molecular flexibility index (Phi) is 6.90. The number of hydrogen-bond acceptors (Lipinski definition) is 7. The Morgan fingerprint density at radius 1 is 1.24 bits per heavy atom. The molecule has 0 atom stereocenters. The average molecular weight is 492 g/mol. The number of methoxy groups -OCH3 is 1. The molecule has 1 N–H and O–H groups in total. The van der Waals surface area contributed by atoms with Gasteiger partial charge < -0.3 is 10.1 Å². The number of ether oxygens (including phenoxy) is 1. The summed E-state index contributed by atoms with van der Waals surface area (Å²) in [5.74, 6) is -0.861. The maximum absolute atomic E-state index is 12.9. The first-order valence-corrected chi connectivity index (χ1v) is 13.4. The van der Waals surface area contributed by atoms with Crippen LogP contribution in [0.1, 0.15) is 57.3 Å². The fourth-order valence-corrected chi connectivity index (χ4v) is 6.81. The van der Waals surface area contributed by atoms with Crippen LogP contribution in [0.5, 0.6) is 0 Å². The van der Waals surface area contributed by atoms with E-state index >= 15 is 0 Å². The molecule has 0 bridgehead atoms. The van der Waals surface area contributed by atoms with Gasteiger partial charge in [-0.3, -0.25) is 9.69 Å². The zero-order chi connectivity index (χ0) is 23.8. The maximum Gasteiger partial charge on any atom is 0.341 e. The Hall–Kier alpha value is -2.27. The van der Waals surface area contributed by atoms with Crippen LogP contribution in [0.15, 0.2) is 29.2 Å². The van der Waals surface area contributed by atoms with Gasteiger partial charge in [0.1, 0.15) is 5.00 Å². The lowest BCUT2D eigenvalue weighted by Crippen LogP contribution is -2.30. The van der Waals surface area contributed by atoms with Gasteiger partial charge in [-0.1, -0.05) is 6.92 Å². The van der Waals surface area contributed by atoms with E-state index in [1.54, 1.807) is 7.05 Å². The summed E-state index contributed by atoms with van der Waals surface area (Å²) in [6.45, 7) is 4.72. The third-order valence-corrected chi connectivity index (χ3v) is 9.20. The fourth-order valence-electron chi connectivity index (χ4n) is 4.12. The molecule has 178 valence electrons. The van der Waals surface area contributed by atoms with Gasteiger partial charge in [0.15, 0.2) is 0 Å². The molecule has 0 unspecified atom stereocenters. The largest absolute Gasteiger partial charge is 0.465 e. The lowest BCUT2D eigenvalue weighted by Gasteiger charge is -2.26.